The molecule has 0 spiro atoms. The van der Waals surface area contributed by atoms with Crippen molar-refractivity contribution in [3.63, 3.8) is 0 Å². The lowest BCUT2D eigenvalue weighted by Gasteiger charge is -2.12. The minimum atomic E-state index is -3.19. The number of nitrogens with zero attached hydrogens (tertiary/aromatic N) is 3. The molecule has 0 saturated carbocycles. The third-order valence-electron chi connectivity index (χ3n) is 5.90. The van der Waals surface area contributed by atoms with Crippen molar-refractivity contribution < 1.29 is 26.4 Å². The van der Waals surface area contributed by atoms with Crippen LogP contribution in [-0.4, -0.2) is 40.6 Å². The van der Waals surface area contributed by atoms with E-state index in [2.05, 4.69) is 15.4 Å². The number of benzene rings is 1. The monoisotopic (exact) mass is 486 g/mol. The summed E-state index contributed by atoms with van der Waals surface area (Å²) >= 11 is 0. The fraction of sp³-hybridized carbons (Fsp3) is 0.261. The molecule has 1 aromatic carbocycles. The molecule has 1 saturated heterocycles. The normalized spacial score (nSPS) is 17.3. The lowest BCUT2D eigenvalue weighted by Crippen LogP contribution is -2.24. The summed E-state index contributed by atoms with van der Waals surface area (Å²) in [6.45, 7) is 1.34. The Morgan fingerprint density at radius 1 is 1.24 bits per heavy atom. The van der Waals surface area contributed by atoms with Crippen LogP contribution in [0.15, 0.2) is 47.1 Å². The molecular weight excluding hydrogens is 466 g/mol. The Hall–Kier alpha value is -3.60. The number of pyridine rings is 1. The molecule has 0 bridgehead atoms. The van der Waals surface area contributed by atoms with Crippen LogP contribution in [0.4, 0.5) is 8.78 Å². The van der Waals surface area contributed by atoms with E-state index in [1.54, 1.807) is 23.7 Å². The maximum atomic E-state index is 14.0. The molecular formula is C23H20F2N4O4S. The molecule has 1 N–H and O–H groups in total. The first kappa shape index (κ1) is 22.2. The minimum Gasteiger partial charge on any atom is -0.463 e. The van der Waals surface area contributed by atoms with Crippen LogP contribution in [0.5, 0.6) is 0 Å². The van der Waals surface area contributed by atoms with Gasteiger partial charge in [0.15, 0.2) is 21.2 Å². The van der Waals surface area contributed by atoms with E-state index in [0.29, 0.717) is 34.6 Å². The highest BCUT2D eigenvalue weighted by Gasteiger charge is 2.32. The quantitative estimate of drug-likeness (QED) is 0.462. The number of hydrogen-bond donors (Lipinski definition) is 1. The molecule has 4 aromatic rings. The Morgan fingerprint density at radius 3 is 2.65 bits per heavy atom. The number of amides is 1. The molecule has 11 heteroatoms. The predicted octanol–water partition coefficient (Wildman–Crippen LogP) is 3.57. The third-order valence-corrected chi connectivity index (χ3v) is 7.65. The number of hydrogen-bond acceptors (Lipinski definition) is 6. The van der Waals surface area contributed by atoms with Crippen LogP contribution in [0.1, 0.15) is 34.1 Å². The summed E-state index contributed by atoms with van der Waals surface area (Å²) < 4.78 is 59.2. The van der Waals surface area contributed by atoms with Gasteiger partial charge in [0.25, 0.3) is 5.91 Å². The van der Waals surface area contributed by atoms with Crippen molar-refractivity contribution in [2.24, 2.45) is 0 Å². The first-order valence-electron chi connectivity index (χ1n) is 10.6. The minimum absolute atomic E-state index is 0.0531. The van der Waals surface area contributed by atoms with Crippen LogP contribution < -0.4 is 5.32 Å². The standard InChI is InChI=1S/C23H20F2N4O4S/c1-13-21-15(23(30)26-11-16-17(24)4-2-5-18(16)25)10-19(20-6-3-8-33-20)27-22(21)29(28-13)14-7-9-34(31,32)12-14/h2-6,8,10,14H,7,9,11-12H2,1H3,(H,26,30)/t14-/m1/s1. The zero-order valence-electron chi connectivity index (χ0n) is 18.1. The second-order valence-corrected chi connectivity index (χ2v) is 10.4. The molecule has 8 nitrogen and oxygen atoms in total. The van der Waals surface area contributed by atoms with Crippen LogP contribution in [0.2, 0.25) is 0 Å². The Bertz CT molecular complexity index is 1490. The molecule has 0 aliphatic carbocycles. The summed E-state index contributed by atoms with van der Waals surface area (Å²) in [6, 6.07) is 7.95. The highest BCUT2D eigenvalue weighted by atomic mass is 32.2. The van der Waals surface area contributed by atoms with Crippen LogP contribution >= 0.6 is 0 Å². The predicted molar refractivity (Wildman–Crippen MR) is 120 cm³/mol. The van der Waals surface area contributed by atoms with Crippen molar-refractivity contribution in [2.45, 2.75) is 25.9 Å². The summed E-state index contributed by atoms with van der Waals surface area (Å²) in [4.78, 5) is 17.8. The molecule has 4 heterocycles. The van der Waals surface area contributed by atoms with Crippen molar-refractivity contribution in [1.29, 1.82) is 0 Å². The summed E-state index contributed by atoms with van der Waals surface area (Å²) in [5.74, 6) is -1.71. The Morgan fingerprint density at radius 2 is 2.00 bits per heavy atom. The topological polar surface area (TPSA) is 107 Å². The van der Waals surface area contributed by atoms with Crippen LogP contribution in [-0.2, 0) is 16.4 Å². The second kappa shape index (κ2) is 8.32. The van der Waals surface area contributed by atoms with Crippen molar-refractivity contribution in [2.75, 3.05) is 11.5 Å². The van der Waals surface area contributed by atoms with Crippen LogP contribution in [0.25, 0.3) is 22.5 Å². The van der Waals surface area contributed by atoms with Gasteiger partial charge in [-0.3, -0.25) is 4.79 Å². The number of nitrogens with one attached hydrogen (secondary N) is 1. The lowest BCUT2D eigenvalue weighted by molar-refractivity contribution is 0.0952. The van der Waals surface area contributed by atoms with Crippen molar-refractivity contribution in [1.82, 2.24) is 20.1 Å². The number of furan rings is 1. The average molecular weight is 487 g/mol. The number of aromatic nitrogens is 3. The third kappa shape index (κ3) is 3.96. The van der Waals surface area contributed by atoms with Gasteiger partial charge in [0, 0.05) is 12.1 Å². The zero-order chi connectivity index (χ0) is 24.0. The van der Waals surface area contributed by atoms with Crippen LogP contribution in [0.3, 0.4) is 0 Å². The van der Waals surface area contributed by atoms with Crippen molar-refractivity contribution >= 4 is 26.8 Å². The van der Waals surface area contributed by atoms with Gasteiger partial charge in [-0.05, 0) is 43.7 Å². The number of carbonyl (C=O) groups is 1. The average Bonchev–Trinajstić information content (AvgIpc) is 3.52. The number of sulfone groups is 1. The van der Waals surface area contributed by atoms with E-state index in [1.165, 1.54) is 18.4 Å². The molecule has 176 valence electrons. The summed E-state index contributed by atoms with van der Waals surface area (Å²) in [7, 11) is -3.19. The molecule has 3 aromatic heterocycles. The van der Waals surface area contributed by atoms with Gasteiger partial charge >= 0.3 is 0 Å². The summed E-state index contributed by atoms with van der Waals surface area (Å²) in [5, 5.41) is 7.52. The van der Waals surface area contributed by atoms with Gasteiger partial charge in [-0.15, -0.1) is 0 Å². The molecule has 1 amide bonds. The highest BCUT2D eigenvalue weighted by Crippen LogP contribution is 2.32. The molecule has 1 aliphatic rings. The summed E-state index contributed by atoms with van der Waals surface area (Å²) in [6.07, 6.45) is 1.85. The Kier molecular flexibility index (Phi) is 5.43. The van der Waals surface area contributed by atoms with Gasteiger partial charge in [0.05, 0.1) is 40.5 Å². The molecule has 1 aliphatic heterocycles. The van der Waals surface area contributed by atoms with Gasteiger partial charge in [0.1, 0.15) is 17.3 Å². The van der Waals surface area contributed by atoms with Gasteiger partial charge in [-0.2, -0.15) is 5.10 Å². The van der Waals surface area contributed by atoms with Gasteiger partial charge in [-0.25, -0.2) is 26.9 Å². The molecule has 0 unspecified atom stereocenters. The van der Waals surface area contributed by atoms with Gasteiger partial charge in [-0.1, -0.05) is 6.07 Å². The number of fused-ring (bicyclic) bond motifs is 1. The van der Waals surface area contributed by atoms with E-state index < -0.39 is 33.4 Å². The highest BCUT2D eigenvalue weighted by molar-refractivity contribution is 7.91. The first-order valence-corrected chi connectivity index (χ1v) is 12.4. The Labute approximate surface area is 193 Å². The van der Waals surface area contributed by atoms with E-state index in [4.69, 9.17) is 4.42 Å². The van der Waals surface area contributed by atoms with E-state index >= 15 is 0 Å². The van der Waals surface area contributed by atoms with E-state index in [-0.39, 0.29) is 29.2 Å². The number of aryl methyl sites for hydroxylation is 1. The van der Waals surface area contributed by atoms with Crippen LogP contribution in [0, 0.1) is 18.6 Å². The van der Waals surface area contributed by atoms with Gasteiger partial charge in [0.2, 0.25) is 0 Å². The lowest BCUT2D eigenvalue weighted by atomic mass is 10.1. The molecule has 0 radical (unpaired) electrons. The fourth-order valence-corrected chi connectivity index (χ4v) is 5.92. The smallest absolute Gasteiger partial charge is 0.252 e. The molecule has 1 fully saturated rings. The van der Waals surface area contributed by atoms with Crippen molar-refractivity contribution in [3.05, 3.63) is 71.1 Å². The second-order valence-electron chi connectivity index (χ2n) is 8.20. The number of halogens is 2. The van der Waals surface area contributed by atoms with E-state index in [1.807, 2.05) is 0 Å². The maximum Gasteiger partial charge on any atom is 0.252 e. The van der Waals surface area contributed by atoms with E-state index in [0.717, 1.165) is 12.1 Å². The Balaban J connectivity index is 1.59. The SMILES string of the molecule is Cc1nn([C@@H]2CCS(=O)(=O)C2)c2nc(-c3ccco3)cc(C(=O)NCc3c(F)cccc3F)c12. The largest absolute Gasteiger partial charge is 0.463 e. The zero-order valence-corrected chi connectivity index (χ0v) is 18.9. The fourth-order valence-electron chi connectivity index (χ4n) is 4.23. The first-order chi connectivity index (χ1) is 16.2. The molecule has 5 rings (SSSR count). The van der Waals surface area contributed by atoms with Crippen molar-refractivity contribution in [3.8, 4) is 11.5 Å². The van der Waals surface area contributed by atoms with Gasteiger partial charge < -0.3 is 9.73 Å². The number of carbonyl (C=O) groups excluding carboxylic acids is 1. The molecule has 34 heavy (non-hydrogen) atoms. The van der Waals surface area contributed by atoms with E-state index in [9.17, 15) is 22.0 Å². The summed E-state index contributed by atoms with van der Waals surface area (Å²) in [5.41, 5.74) is 1.12. The number of rotatable bonds is 5. The molecule has 1 atom stereocenters. The maximum absolute atomic E-state index is 14.0.